The van der Waals surface area contributed by atoms with Gasteiger partial charge in [-0.25, -0.2) is 0 Å². The zero-order chi connectivity index (χ0) is 14.6. The molecule has 0 aliphatic carbocycles. The molecular weight excluding hydrogens is 242 g/mol. The van der Waals surface area contributed by atoms with Crippen molar-refractivity contribution < 1.29 is 15.0 Å². The van der Waals surface area contributed by atoms with Crippen LogP contribution in [0.15, 0.2) is 12.1 Å². The number of carboxylic acid groups (broad SMARTS) is 1. The second-order valence-electron chi connectivity index (χ2n) is 5.12. The van der Waals surface area contributed by atoms with Crippen LogP contribution in [0.25, 0.3) is 0 Å². The van der Waals surface area contributed by atoms with Crippen LogP contribution in [0.1, 0.15) is 62.3 Å². The smallest absolute Gasteiger partial charge is 0.303 e. The second-order valence-corrected chi connectivity index (χ2v) is 5.12. The Morgan fingerprint density at radius 1 is 1.37 bits per heavy atom. The Morgan fingerprint density at radius 3 is 2.47 bits per heavy atom. The summed E-state index contributed by atoms with van der Waals surface area (Å²) in [6.45, 7) is 6.04. The second kappa shape index (κ2) is 6.57. The first-order chi connectivity index (χ1) is 8.88. The summed E-state index contributed by atoms with van der Waals surface area (Å²) in [5, 5.41) is 19.1. The number of rotatable bonds is 6. The third-order valence-corrected chi connectivity index (χ3v) is 3.38. The number of phenols is 1. The van der Waals surface area contributed by atoms with Gasteiger partial charge in [0.1, 0.15) is 5.75 Å². The van der Waals surface area contributed by atoms with E-state index in [9.17, 15) is 9.90 Å². The Bertz CT molecular complexity index is 455. The molecule has 0 radical (unpaired) electrons. The van der Waals surface area contributed by atoms with Gasteiger partial charge in [-0.1, -0.05) is 32.9 Å². The normalized spacial score (nSPS) is 12.7. The van der Waals surface area contributed by atoms with Crippen LogP contribution < -0.4 is 5.73 Å². The van der Waals surface area contributed by atoms with E-state index in [0.717, 1.165) is 17.5 Å². The fourth-order valence-electron chi connectivity index (χ4n) is 2.27. The third kappa shape index (κ3) is 3.70. The predicted octanol–water partition coefficient (Wildman–Crippen LogP) is 2.94. The molecule has 0 amide bonds. The minimum absolute atomic E-state index is 0.00843. The highest BCUT2D eigenvalue weighted by Gasteiger charge is 2.20. The van der Waals surface area contributed by atoms with Crippen molar-refractivity contribution in [3.05, 3.63) is 28.8 Å². The van der Waals surface area contributed by atoms with Crippen LogP contribution in [0.4, 0.5) is 0 Å². The van der Waals surface area contributed by atoms with Crippen molar-refractivity contribution in [3.8, 4) is 5.75 Å². The lowest BCUT2D eigenvalue weighted by Gasteiger charge is -2.21. The number of phenolic OH excluding ortho intramolecular Hbond substituents is 1. The Labute approximate surface area is 114 Å². The fraction of sp³-hybridized carbons (Fsp3) is 0.533. The number of aromatic hydroxyl groups is 1. The Balaban J connectivity index is 3.17. The summed E-state index contributed by atoms with van der Waals surface area (Å²) < 4.78 is 0. The number of carboxylic acids is 1. The molecule has 4 N–H and O–H groups in total. The van der Waals surface area contributed by atoms with Crippen LogP contribution in [0, 0.1) is 0 Å². The highest BCUT2D eigenvalue weighted by molar-refractivity contribution is 5.66. The van der Waals surface area contributed by atoms with Gasteiger partial charge in [0.2, 0.25) is 0 Å². The van der Waals surface area contributed by atoms with Crippen molar-refractivity contribution in [1.29, 1.82) is 0 Å². The van der Waals surface area contributed by atoms with Crippen LogP contribution in [-0.2, 0) is 11.2 Å². The van der Waals surface area contributed by atoms with Crippen LogP contribution in [0.2, 0.25) is 0 Å². The molecule has 106 valence electrons. The number of aliphatic carboxylic acids is 1. The first-order valence-corrected chi connectivity index (χ1v) is 6.70. The molecule has 0 saturated carbocycles. The number of aryl methyl sites for hydroxylation is 1. The first kappa shape index (κ1) is 15.5. The molecule has 1 rings (SSSR count). The van der Waals surface area contributed by atoms with Crippen LogP contribution >= 0.6 is 0 Å². The van der Waals surface area contributed by atoms with E-state index in [1.54, 1.807) is 0 Å². The van der Waals surface area contributed by atoms with Gasteiger partial charge in [0, 0.05) is 18.0 Å². The summed E-state index contributed by atoms with van der Waals surface area (Å²) in [5.41, 5.74) is 8.63. The van der Waals surface area contributed by atoms with Gasteiger partial charge in [-0.05, 0) is 29.9 Å². The molecule has 0 heterocycles. The van der Waals surface area contributed by atoms with E-state index in [0.29, 0.717) is 12.0 Å². The minimum atomic E-state index is -0.868. The number of nitrogens with two attached hydrogens (primary N) is 1. The van der Waals surface area contributed by atoms with E-state index >= 15 is 0 Å². The van der Waals surface area contributed by atoms with Crippen molar-refractivity contribution in [1.82, 2.24) is 0 Å². The van der Waals surface area contributed by atoms with E-state index < -0.39 is 12.0 Å². The molecule has 4 heteroatoms. The summed E-state index contributed by atoms with van der Waals surface area (Å²) in [5.74, 6) is -0.401. The zero-order valence-electron chi connectivity index (χ0n) is 11.8. The molecule has 19 heavy (non-hydrogen) atoms. The number of hydrogen-bond donors (Lipinski definition) is 3. The van der Waals surface area contributed by atoms with Gasteiger partial charge >= 0.3 is 5.97 Å². The highest BCUT2D eigenvalue weighted by atomic mass is 16.4. The molecule has 0 aliphatic heterocycles. The van der Waals surface area contributed by atoms with Crippen LogP contribution in [0.3, 0.4) is 0 Å². The maximum absolute atomic E-state index is 10.6. The van der Waals surface area contributed by atoms with Crippen molar-refractivity contribution in [2.24, 2.45) is 5.73 Å². The largest absolute Gasteiger partial charge is 0.507 e. The molecule has 0 fully saturated rings. The maximum Gasteiger partial charge on any atom is 0.303 e. The predicted molar refractivity (Wildman–Crippen MR) is 75.4 cm³/mol. The summed E-state index contributed by atoms with van der Waals surface area (Å²) >= 11 is 0. The summed E-state index contributed by atoms with van der Waals surface area (Å²) in [4.78, 5) is 10.6. The quantitative estimate of drug-likeness (QED) is 0.738. The average molecular weight is 265 g/mol. The molecule has 0 bridgehead atoms. The van der Waals surface area contributed by atoms with E-state index in [4.69, 9.17) is 10.8 Å². The van der Waals surface area contributed by atoms with E-state index in [1.807, 2.05) is 32.9 Å². The zero-order valence-corrected chi connectivity index (χ0v) is 11.8. The molecule has 0 aromatic heterocycles. The van der Waals surface area contributed by atoms with Gasteiger partial charge in [0.05, 0.1) is 0 Å². The first-order valence-electron chi connectivity index (χ1n) is 6.70. The minimum Gasteiger partial charge on any atom is -0.507 e. The van der Waals surface area contributed by atoms with Crippen molar-refractivity contribution in [3.63, 3.8) is 0 Å². The lowest BCUT2D eigenvalue weighted by molar-refractivity contribution is -0.137. The highest BCUT2D eigenvalue weighted by Crippen LogP contribution is 2.36. The standard InChI is InChI=1S/C15H23NO3/c1-4-10-5-6-11(9(2)3)14(15(10)19)12(16)7-8-13(17)18/h5-6,9,12,19H,4,7-8,16H2,1-3H3,(H,17,18). The van der Waals surface area contributed by atoms with Gasteiger partial charge in [-0.2, -0.15) is 0 Å². The topological polar surface area (TPSA) is 83.6 Å². The Kier molecular flexibility index (Phi) is 5.36. The average Bonchev–Trinajstić information content (AvgIpc) is 2.35. The Hall–Kier alpha value is -1.55. The number of benzene rings is 1. The van der Waals surface area contributed by atoms with E-state index in [-0.39, 0.29) is 18.1 Å². The Morgan fingerprint density at radius 2 is 2.00 bits per heavy atom. The van der Waals surface area contributed by atoms with E-state index in [1.165, 1.54) is 0 Å². The molecule has 1 atom stereocenters. The van der Waals surface area contributed by atoms with Gasteiger partial charge in [-0.15, -0.1) is 0 Å². The lowest BCUT2D eigenvalue weighted by Crippen LogP contribution is -2.16. The monoisotopic (exact) mass is 265 g/mol. The molecule has 1 aromatic carbocycles. The molecular formula is C15H23NO3. The third-order valence-electron chi connectivity index (χ3n) is 3.38. The molecule has 0 saturated heterocycles. The SMILES string of the molecule is CCc1ccc(C(C)C)c(C(N)CCC(=O)O)c1O. The number of carbonyl (C=O) groups is 1. The van der Waals surface area contributed by atoms with Crippen molar-refractivity contribution in [2.75, 3.05) is 0 Å². The van der Waals surface area contributed by atoms with Crippen molar-refractivity contribution in [2.45, 2.75) is 52.0 Å². The van der Waals surface area contributed by atoms with Crippen LogP contribution in [0.5, 0.6) is 5.75 Å². The van der Waals surface area contributed by atoms with E-state index in [2.05, 4.69) is 0 Å². The van der Waals surface area contributed by atoms with Crippen molar-refractivity contribution >= 4 is 5.97 Å². The number of hydrogen-bond acceptors (Lipinski definition) is 3. The maximum atomic E-state index is 10.6. The van der Waals surface area contributed by atoms with Gasteiger partial charge in [0.25, 0.3) is 0 Å². The van der Waals surface area contributed by atoms with Gasteiger partial charge in [0.15, 0.2) is 0 Å². The van der Waals surface area contributed by atoms with Gasteiger partial charge in [-0.3, -0.25) is 4.79 Å². The fourth-order valence-corrected chi connectivity index (χ4v) is 2.27. The molecule has 0 spiro atoms. The summed E-state index contributed by atoms with van der Waals surface area (Å²) in [7, 11) is 0. The summed E-state index contributed by atoms with van der Waals surface area (Å²) in [6.07, 6.45) is 1.06. The van der Waals surface area contributed by atoms with Crippen LogP contribution in [-0.4, -0.2) is 16.2 Å². The van der Waals surface area contributed by atoms with Gasteiger partial charge < -0.3 is 15.9 Å². The molecule has 0 aliphatic rings. The molecule has 4 nitrogen and oxygen atoms in total. The lowest BCUT2D eigenvalue weighted by atomic mass is 9.88. The molecule has 1 aromatic rings. The molecule has 1 unspecified atom stereocenters. The summed E-state index contributed by atoms with van der Waals surface area (Å²) in [6, 6.07) is 3.46.